The summed E-state index contributed by atoms with van der Waals surface area (Å²) >= 11 is 0. The minimum Gasteiger partial charge on any atom is -0.209 e. The highest BCUT2D eigenvalue weighted by Gasteiger charge is 2.20. The van der Waals surface area contributed by atoms with Gasteiger partial charge in [0.25, 0.3) is 0 Å². The Balaban J connectivity index is 1.13. The molecule has 0 bridgehead atoms. The van der Waals surface area contributed by atoms with Gasteiger partial charge in [0.2, 0.25) is 0 Å². The lowest BCUT2D eigenvalue weighted by atomic mass is 9.90. The predicted molar refractivity (Wildman–Crippen MR) is 227 cm³/mol. The lowest BCUT2D eigenvalue weighted by Crippen LogP contribution is -2.04. The van der Waals surface area contributed by atoms with Crippen LogP contribution in [0, 0.1) is 0 Å². The van der Waals surface area contributed by atoms with Crippen LogP contribution < -0.4 is 0 Å². The number of fused-ring (bicyclic) bond motifs is 2. The van der Waals surface area contributed by atoms with Crippen molar-refractivity contribution in [3.63, 3.8) is 0 Å². The Morgan fingerprint density at radius 2 is 0.643 bits per heavy atom. The van der Waals surface area contributed by atoms with E-state index in [1.165, 1.54) is 0 Å². The fraction of sp³-hybridized carbons (Fsp3) is 0.0400. The molecule has 7 aromatic carbocycles. The van der Waals surface area contributed by atoms with Crippen LogP contribution in [0.4, 0.5) is 0 Å². The molecular weight excluding hydrogens is 685 g/mol. The Kier molecular flexibility index (Phi) is 8.54. The van der Waals surface area contributed by atoms with E-state index in [0.717, 1.165) is 84.7 Å². The van der Waals surface area contributed by atoms with Gasteiger partial charge >= 0.3 is 0 Å². The molecule has 56 heavy (non-hydrogen) atoms. The summed E-state index contributed by atoms with van der Waals surface area (Å²) in [5.41, 5.74) is 8.10. The van der Waals surface area contributed by atoms with Gasteiger partial charge < -0.3 is 0 Å². The van der Waals surface area contributed by atoms with Crippen molar-refractivity contribution in [1.29, 1.82) is 0 Å². The molecule has 0 amide bonds. The summed E-state index contributed by atoms with van der Waals surface area (Å²) < 4.78 is 0. The zero-order chi connectivity index (χ0) is 37.3. The van der Waals surface area contributed by atoms with E-state index >= 15 is 0 Å². The maximum atomic E-state index is 5.11. The van der Waals surface area contributed by atoms with Gasteiger partial charge in [0.1, 0.15) is 0 Å². The fourth-order valence-corrected chi connectivity index (χ4v) is 7.53. The highest BCUT2D eigenvalue weighted by atomic mass is 15.0. The van der Waals surface area contributed by atoms with Crippen LogP contribution in [0.5, 0.6) is 0 Å². The second kappa shape index (κ2) is 14.4. The molecule has 0 unspecified atom stereocenters. The standard InChI is InChI=1S/C50H34N6/c1-5-17-33(18-6-1)45-51-46(34-19-7-2-8-20-34)54-49(53-45)43-31-29-41(37-25-13-15-27-39(37)43)42-30-32-44(40-28-16-14-26-38(40)42)50-55-47(35-21-9-3-10-22-35)52-48(56-50)36-23-11-4-12-24-36/h1-11,13-23,25-32H,12,24H2. The van der Waals surface area contributed by atoms with Gasteiger partial charge in [0, 0.05) is 27.8 Å². The average molecular weight is 719 g/mol. The molecule has 0 radical (unpaired) electrons. The molecule has 9 aromatic rings. The van der Waals surface area contributed by atoms with Crippen molar-refractivity contribution in [2.75, 3.05) is 0 Å². The SMILES string of the molecule is C1=CCCC(c2nc(-c3ccccc3)nc(-c3ccc(-c4ccc(-c5nc(-c6ccccc6)nc(-c6ccccc6)n5)c5ccccc45)c4ccccc34)n2)=C1. The molecule has 0 fully saturated rings. The summed E-state index contributed by atoms with van der Waals surface area (Å²) in [5, 5.41) is 4.36. The van der Waals surface area contributed by atoms with Gasteiger partial charge in [-0.3, -0.25) is 0 Å². The van der Waals surface area contributed by atoms with Crippen LogP contribution in [0.15, 0.2) is 182 Å². The molecular formula is C50H34N6. The van der Waals surface area contributed by atoms with Gasteiger partial charge in [0.05, 0.1) is 0 Å². The van der Waals surface area contributed by atoms with Crippen LogP contribution in [0.25, 0.3) is 95.2 Å². The molecule has 6 heteroatoms. The third-order valence-corrected chi connectivity index (χ3v) is 10.3. The molecule has 0 spiro atoms. The first kappa shape index (κ1) is 33.2. The van der Waals surface area contributed by atoms with Gasteiger partial charge in [-0.2, -0.15) is 0 Å². The Morgan fingerprint density at radius 1 is 0.304 bits per heavy atom. The predicted octanol–water partition coefficient (Wildman–Crippen LogP) is 12.1. The first-order chi connectivity index (χ1) is 27.8. The summed E-state index contributed by atoms with van der Waals surface area (Å²) in [4.78, 5) is 30.2. The lowest BCUT2D eigenvalue weighted by molar-refractivity contribution is 0.978. The van der Waals surface area contributed by atoms with Crippen LogP contribution in [0.2, 0.25) is 0 Å². The number of rotatable bonds is 7. The summed E-state index contributed by atoms with van der Waals surface area (Å²) in [6.45, 7) is 0. The zero-order valence-corrected chi connectivity index (χ0v) is 30.4. The number of benzene rings is 7. The zero-order valence-electron chi connectivity index (χ0n) is 30.4. The number of aromatic nitrogens is 6. The van der Waals surface area contributed by atoms with Crippen molar-refractivity contribution in [3.05, 3.63) is 188 Å². The molecule has 2 heterocycles. The molecule has 6 nitrogen and oxygen atoms in total. The second-order valence-corrected chi connectivity index (χ2v) is 13.8. The van der Waals surface area contributed by atoms with Gasteiger partial charge in [0.15, 0.2) is 34.9 Å². The highest BCUT2D eigenvalue weighted by Crippen LogP contribution is 2.41. The summed E-state index contributed by atoms with van der Waals surface area (Å²) in [7, 11) is 0. The first-order valence-corrected chi connectivity index (χ1v) is 18.9. The quantitative estimate of drug-likeness (QED) is 0.163. The summed E-state index contributed by atoms with van der Waals surface area (Å²) in [6.07, 6.45) is 8.25. The third kappa shape index (κ3) is 6.23. The minimum atomic E-state index is 0.629. The van der Waals surface area contributed by atoms with E-state index in [-0.39, 0.29) is 0 Å². The maximum absolute atomic E-state index is 5.11. The average Bonchev–Trinajstić information content (AvgIpc) is 3.29. The molecule has 0 aliphatic heterocycles. The maximum Gasteiger partial charge on any atom is 0.164 e. The Morgan fingerprint density at radius 3 is 1.05 bits per heavy atom. The first-order valence-electron chi connectivity index (χ1n) is 18.9. The Bertz CT molecular complexity index is 2900. The molecule has 0 saturated heterocycles. The van der Waals surface area contributed by atoms with Gasteiger partial charge in [-0.15, -0.1) is 0 Å². The molecule has 0 N–H and O–H groups in total. The number of hydrogen-bond donors (Lipinski definition) is 0. The van der Waals surface area contributed by atoms with Crippen LogP contribution in [-0.4, -0.2) is 29.9 Å². The van der Waals surface area contributed by atoms with Crippen LogP contribution in [0.1, 0.15) is 18.7 Å². The molecule has 0 atom stereocenters. The van der Waals surface area contributed by atoms with Crippen molar-refractivity contribution in [3.8, 4) is 68.1 Å². The van der Waals surface area contributed by atoms with E-state index in [4.69, 9.17) is 29.9 Å². The van der Waals surface area contributed by atoms with E-state index in [1.807, 2.05) is 78.9 Å². The van der Waals surface area contributed by atoms with Crippen molar-refractivity contribution >= 4 is 27.1 Å². The van der Waals surface area contributed by atoms with E-state index in [0.29, 0.717) is 29.1 Å². The summed E-state index contributed by atoms with van der Waals surface area (Å²) in [6, 6.07) is 56.1. The van der Waals surface area contributed by atoms with Gasteiger partial charge in [-0.1, -0.05) is 170 Å². The van der Waals surface area contributed by atoms with Crippen molar-refractivity contribution in [2.24, 2.45) is 0 Å². The summed E-state index contributed by atoms with van der Waals surface area (Å²) in [5.74, 6) is 3.95. The molecule has 10 rings (SSSR count). The third-order valence-electron chi connectivity index (χ3n) is 10.3. The number of hydrogen-bond acceptors (Lipinski definition) is 6. The molecule has 0 saturated carbocycles. The van der Waals surface area contributed by atoms with E-state index in [2.05, 4.69) is 103 Å². The Hall–Kier alpha value is -7.44. The van der Waals surface area contributed by atoms with Crippen molar-refractivity contribution in [2.45, 2.75) is 12.8 Å². The molecule has 264 valence electrons. The monoisotopic (exact) mass is 718 g/mol. The van der Waals surface area contributed by atoms with E-state index < -0.39 is 0 Å². The molecule has 2 aromatic heterocycles. The van der Waals surface area contributed by atoms with Crippen molar-refractivity contribution < 1.29 is 0 Å². The van der Waals surface area contributed by atoms with Crippen molar-refractivity contribution in [1.82, 2.24) is 29.9 Å². The second-order valence-electron chi connectivity index (χ2n) is 13.8. The Labute approximate surface area is 324 Å². The van der Waals surface area contributed by atoms with Gasteiger partial charge in [-0.25, -0.2) is 29.9 Å². The number of allylic oxidation sites excluding steroid dienone is 4. The molecule has 1 aliphatic carbocycles. The normalized spacial score (nSPS) is 12.5. The fourth-order valence-electron chi connectivity index (χ4n) is 7.53. The lowest BCUT2D eigenvalue weighted by Gasteiger charge is -2.16. The van der Waals surface area contributed by atoms with Crippen LogP contribution in [-0.2, 0) is 0 Å². The van der Waals surface area contributed by atoms with Gasteiger partial charge in [-0.05, 0) is 63.2 Å². The van der Waals surface area contributed by atoms with Crippen LogP contribution >= 0.6 is 0 Å². The smallest absolute Gasteiger partial charge is 0.164 e. The largest absolute Gasteiger partial charge is 0.209 e. The highest BCUT2D eigenvalue weighted by molar-refractivity contribution is 6.11. The molecule has 1 aliphatic rings. The number of nitrogens with zero attached hydrogens (tertiary/aromatic N) is 6. The van der Waals surface area contributed by atoms with E-state index in [9.17, 15) is 0 Å². The van der Waals surface area contributed by atoms with Crippen LogP contribution in [0.3, 0.4) is 0 Å². The topological polar surface area (TPSA) is 77.3 Å². The van der Waals surface area contributed by atoms with E-state index in [1.54, 1.807) is 0 Å². The minimum absolute atomic E-state index is 0.629.